The fourth-order valence-electron chi connectivity index (χ4n) is 5.84. The van der Waals surface area contributed by atoms with Crippen LogP contribution in [0.25, 0.3) is 0 Å². The maximum absolute atomic E-state index is 12.7. The average Bonchev–Trinajstić information content (AvgIpc) is 3.14. The van der Waals surface area contributed by atoms with E-state index in [4.69, 9.17) is 14.2 Å². The van der Waals surface area contributed by atoms with E-state index in [1.807, 2.05) is 36.5 Å². The van der Waals surface area contributed by atoms with Crippen molar-refractivity contribution in [3.05, 3.63) is 72.9 Å². The predicted molar refractivity (Wildman–Crippen MR) is 226 cm³/mol. The van der Waals surface area contributed by atoms with Gasteiger partial charge in [0.05, 0.1) is 40.3 Å². The minimum Gasteiger partial charge on any atom is -0.544 e. The first-order valence-electron chi connectivity index (χ1n) is 21.5. The Bertz CT molecular complexity index is 1130. The lowest BCUT2D eigenvalue weighted by Crippen LogP contribution is -2.55. The van der Waals surface area contributed by atoms with Crippen LogP contribution in [0, 0.1) is 0 Å². The Morgan fingerprint density at radius 3 is 1.55 bits per heavy atom. The Morgan fingerprint density at radius 2 is 1.02 bits per heavy atom. The zero-order valence-electron chi connectivity index (χ0n) is 35.6. The molecule has 2 atom stereocenters. The van der Waals surface area contributed by atoms with Crippen molar-refractivity contribution in [1.29, 1.82) is 0 Å². The number of carbonyl (C=O) groups is 3. The number of carboxylic acids is 1. The molecule has 0 N–H and O–H groups in total. The number of unbranched alkanes of at least 4 members (excludes halogenated alkanes) is 15. The molecule has 0 saturated carbocycles. The number of likely N-dealkylation sites (N-methyl/N-ethyl adjacent to an activating group) is 1. The molecule has 0 aliphatic heterocycles. The van der Waals surface area contributed by atoms with Gasteiger partial charge in [0, 0.05) is 19.3 Å². The highest BCUT2D eigenvalue weighted by molar-refractivity contribution is 5.70. The maximum Gasteiger partial charge on any atom is 0.306 e. The van der Waals surface area contributed by atoms with Gasteiger partial charge in [0.2, 0.25) is 0 Å². The Morgan fingerprint density at radius 1 is 0.564 bits per heavy atom. The number of nitrogens with zero attached hydrogens (tertiary/aromatic N) is 1. The van der Waals surface area contributed by atoms with Crippen LogP contribution in [0.1, 0.15) is 155 Å². The summed E-state index contributed by atoms with van der Waals surface area (Å²) in [6.45, 7) is 4.44. The van der Waals surface area contributed by atoms with Crippen LogP contribution < -0.4 is 5.11 Å². The lowest BCUT2D eigenvalue weighted by Gasteiger charge is -2.34. The topological polar surface area (TPSA) is 102 Å². The zero-order valence-corrected chi connectivity index (χ0v) is 35.6. The van der Waals surface area contributed by atoms with Crippen molar-refractivity contribution in [2.45, 2.75) is 167 Å². The normalized spacial score (nSPS) is 13.7. The molecule has 0 radical (unpaired) electrons. The van der Waals surface area contributed by atoms with Gasteiger partial charge in [0.15, 0.2) is 6.10 Å². The van der Waals surface area contributed by atoms with Crippen molar-refractivity contribution < 1.29 is 38.2 Å². The van der Waals surface area contributed by atoms with Crippen LogP contribution >= 0.6 is 0 Å². The van der Waals surface area contributed by atoms with Crippen LogP contribution in [0.2, 0.25) is 0 Å². The van der Waals surface area contributed by atoms with Crippen LogP contribution in [0.4, 0.5) is 0 Å². The van der Waals surface area contributed by atoms with E-state index in [9.17, 15) is 19.5 Å². The molecule has 0 fully saturated rings. The Kier molecular flexibility index (Phi) is 35.5. The standard InChI is InChI=1S/C47H79NO7/c1-6-8-10-12-14-16-18-20-21-22-23-24-26-27-29-31-33-35-37-45(49)54-42-43(41-53-40-39-44(47(51)52)48(3,4)5)55-46(50)38-36-34-32-30-28-25-19-17-15-13-11-9-7-2/h9,11,13,15,17,19,21-25,28,43-44H,6-8,10,12,14,16,18,20,26-27,29-42H2,1-5H3/b11-9+,15-13+,19-17+,22-21+,24-23+,28-25+. The second kappa shape index (κ2) is 37.7. The molecular weight excluding hydrogens is 691 g/mol. The molecule has 0 rings (SSSR count). The van der Waals surface area contributed by atoms with Crippen molar-refractivity contribution in [3.63, 3.8) is 0 Å². The van der Waals surface area contributed by atoms with E-state index in [2.05, 4.69) is 50.3 Å². The monoisotopic (exact) mass is 770 g/mol. The highest BCUT2D eigenvalue weighted by Gasteiger charge is 2.25. The molecule has 0 bridgehead atoms. The molecule has 8 heteroatoms. The third-order valence-corrected chi connectivity index (χ3v) is 9.20. The molecule has 0 amide bonds. The number of carboxylic acid groups (broad SMARTS) is 1. The molecular formula is C47H79NO7. The van der Waals surface area contributed by atoms with Crippen molar-refractivity contribution in [2.24, 2.45) is 0 Å². The summed E-state index contributed by atoms with van der Waals surface area (Å²) in [5.41, 5.74) is 0. The lowest BCUT2D eigenvalue weighted by atomic mass is 10.1. The lowest BCUT2D eigenvalue weighted by molar-refractivity contribution is -0.889. The van der Waals surface area contributed by atoms with Crippen molar-refractivity contribution in [3.8, 4) is 0 Å². The van der Waals surface area contributed by atoms with Gasteiger partial charge in [-0.25, -0.2) is 0 Å². The van der Waals surface area contributed by atoms with Gasteiger partial charge in [-0.1, -0.05) is 151 Å². The fourth-order valence-corrected chi connectivity index (χ4v) is 5.84. The van der Waals surface area contributed by atoms with Gasteiger partial charge in [0.25, 0.3) is 0 Å². The summed E-state index contributed by atoms with van der Waals surface area (Å²) in [6, 6.07) is -0.738. The van der Waals surface area contributed by atoms with Gasteiger partial charge in [-0.05, 0) is 57.8 Å². The van der Waals surface area contributed by atoms with E-state index >= 15 is 0 Å². The summed E-state index contributed by atoms with van der Waals surface area (Å²) >= 11 is 0. The first-order chi connectivity index (χ1) is 26.6. The Balaban J connectivity index is 4.43. The SMILES string of the molecule is CC/C=C/C=C/C=C/C=C/CCCCCC(=O)OC(COCCC(C(=O)[O-])[N+](C)(C)C)COC(=O)CCCCCCC/C=C/C=C/CCCCCCCCC. The number of carbonyl (C=O) groups excluding carboxylic acids is 3. The van der Waals surface area contributed by atoms with Crippen molar-refractivity contribution in [2.75, 3.05) is 41.0 Å². The summed E-state index contributed by atoms with van der Waals surface area (Å²) in [4.78, 5) is 36.8. The fraction of sp³-hybridized carbons (Fsp3) is 0.681. The van der Waals surface area contributed by atoms with Gasteiger partial charge < -0.3 is 28.6 Å². The summed E-state index contributed by atoms with van der Waals surface area (Å²) in [5, 5.41) is 11.6. The Hall–Kier alpha value is -3.23. The van der Waals surface area contributed by atoms with Crippen molar-refractivity contribution >= 4 is 17.9 Å². The van der Waals surface area contributed by atoms with E-state index in [0.717, 1.165) is 64.2 Å². The smallest absolute Gasteiger partial charge is 0.306 e. The van der Waals surface area contributed by atoms with Crippen LogP contribution in [0.15, 0.2) is 72.9 Å². The van der Waals surface area contributed by atoms with E-state index < -0.39 is 18.1 Å². The Labute approximate surface area is 336 Å². The van der Waals surface area contributed by atoms with Gasteiger partial charge in [-0.15, -0.1) is 0 Å². The molecule has 55 heavy (non-hydrogen) atoms. The van der Waals surface area contributed by atoms with Crippen LogP contribution in [-0.4, -0.2) is 75.5 Å². The number of quaternary nitrogens is 1. The zero-order chi connectivity index (χ0) is 40.7. The second-order valence-electron chi connectivity index (χ2n) is 15.3. The maximum atomic E-state index is 12.7. The predicted octanol–water partition coefficient (Wildman–Crippen LogP) is 10.2. The van der Waals surface area contributed by atoms with Crippen LogP contribution in [-0.2, 0) is 28.6 Å². The minimum absolute atomic E-state index is 0.0156. The number of aliphatic carboxylic acids is 1. The first-order valence-corrected chi connectivity index (χ1v) is 21.5. The van der Waals surface area contributed by atoms with E-state index in [-0.39, 0.29) is 49.1 Å². The third-order valence-electron chi connectivity index (χ3n) is 9.20. The van der Waals surface area contributed by atoms with Gasteiger partial charge in [0.1, 0.15) is 12.6 Å². The number of rotatable bonds is 37. The quantitative estimate of drug-likeness (QED) is 0.0268. The summed E-state index contributed by atoms with van der Waals surface area (Å²) in [6.07, 6.45) is 46.4. The summed E-state index contributed by atoms with van der Waals surface area (Å²) in [7, 11) is 5.37. The van der Waals surface area contributed by atoms with E-state index in [1.54, 1.807) is 21.1 Å². The van der Waals surface area contributed by atoms with Crippen LogP contribution in [0.5, 0.6) is 0 Å². The molecule has 0 saturated heterocycles. The largest absolute Gasteiger partial charge is 0.544 e. The highest BCUT2D eigenvalue weighted by Crippen LogP contribution is 2.12. The van der Waals surface area contributed by atoms with E-state index in [1.165, 1.54) is 51.4 Å². The molecule has 0 aromatic carbocycles. The number of allylic oxidation sites excluding steroid dienone is 12. The van der Waals surface area contributed by atoms with Crippen molar-refractivity contribution in [1.82, 2.24) is 0 Å². The highest BCUT2D eigenvalue weighted by atomic mass is 16.6. The van der Waals surface area contributed by atoms with Gasteiger partial charge >= 0.3 is 11.9 Å². The van der Waals surface area contributed by atoms with E-state index in [0.29, 0.717) is 12.8 Å². The summed E-state index contributed by atoms with van der Waals surface area (Å²) in [5.74, 6) is -1.82. The second-order valence-corrected chi connectivity index (χ2v) is 15.3. The molecule has 0 aromatic heterocycles. The molecule has 0 aromatic rings. The van der Waals surface area contributed by atoms with Gasteiger partial charge in [-0.2, -0.15) is 0 Å². The molecule has 8 nitrogen and oxygen atoms in total. The minimum atomic E-state index is -1.14. The molecule has 0 aliphatic rings. The number of hydrogen-bond acceptors (Lipinski definition) is 7. The molecule has 314 valence electrons. The average molecular weight is 770 g/mol. The van der Waals surface area contributed by atoms with Crippen LogP contribution in [0.3, 0.4) is 0 Å². The number of esters is 2. The number of hydrogen-bond donors (Lipinski definition) is 0. The number of ether oxygens (including phenoxy) is 3. The summed E-state index contributed by atoms with van der Waals surface area (Å²) < 4.78 is 17.1. The molecule has 0 heterocycles. The first kappa shape index (κ1) is 51.8. The molecule has 2 unspecified atom stereocenters. The molecule has 0 aliphatic carbocycles. The molecule has 0 spiro atoms. The van der Waals surface area contributed by atoms with Gasteiger partial charge in [-0.3, -0.25) is 9.59 Å². The third kappa shape index (κ3) is 36.2.